The Bertz CT molecular complexity index is 433. The molecule has 9 heteroatoms. The summed E-state index contributed by atoms with van der Waals surface area (Å²) >= 11 is 0. The van der Waals surface area contributed by atoms with Crippen molar-refractivity contribution in [2.24, 2.45) is 0 Å². The summed E-state index contributed by atoms with van der Waals surface area (Å²) in [5, 5.41) is 21.6. The summed E-state index contributed by atoms with van der Waals surface area (Å²) in [5.74, 6) is -2.73. The van der Waals surface area contributed by atoms with Crippen molar-refractivity contribution in [2.75, 3.05) is 13.2 Å². The Kier molecular flexibility index (Phi) is 4.10. The number of piperazine rings is 1. The molecule has 0 radical (unpaired) electrons. The summed E-state index contributed by atoms with van der Waals surface area (Å²) in [5.41, 5.74) is -1.30. The van der Waals surface area contributed by atoms with Gasteiger partial charge in [0.2, 0.25) is 5.91 Å². The van der Waals surface area contributed by atoms with Crippen molar-refractivity contribution in [1.29, 1.82) is 0 Å². The lowest BCUT2D eigenvalue weighted by molar-refractivity contribution is -0.142. The fourth-order valence-electron chi connectivity index (χ4n) is 1.52. The quantitative estimate of drug-likeness (QED) is 0.434. The van der Waals surface area contributed by atoms with Crippen molar-refractivity contribution in [3.05, 3.63) is 0 Å². The van der Waals surface area contributed by atoms with Gasteiger partial charge in [0, 0.05) is 0 Å². The summed E-state index contributed by atoms with van der Waals surface area (Å²) in [4.78, 5) is 46.4. The molecule has 1 aliphatic rings. The Morgan fingerprint density at radius 3 is 2.53 bits per heavy atom. The number of amides is 4. The molecular weight excluding hydrogens is 258 g/mol. The number of nitrogens with one attached hydrogen (secondary N) is 2. The molecule has 0 saturated carbocycles. The molecule has 0 aromatic rings. The Morgan fingerprint density at radius 2 is 2.05 bits per heavy atom. The highest BCUT2D eigenvalue weighted by molar-refractivity contribution is 6.06. The van der Waals surface area contributed by atoms with Crippen molar-refractivity contribution in [3.8, 4) is 0 Å². The Morgan fingerprint density at radius 1 is 1.47 bits per heavy atom. The molecule has 1 heterocycles. The number of carbonyl (C=O) groups is 4. The van der Waals surface area contributed by atoms with Gasteiger partial charge in [0.05, 0.1) is 6.61 Å². The van der Waals surface area contributed by atoms with Crippen molar-refractivity contribution in [1.82, 2.24) is 15.5 Å². The summed E-state index contributed by atoms with van der Waals surface area (Å²) in [7, 11) is 0. The third-order valence-electron chi connectivity index (χ3n) is 2.81. The molecule has 0 aromatic heterocycles. The topological polar surface area (TPSA) is 136 Å². The van der Waals surface area contributed by atoms with E-state index in [0.717, 1.165) is 4.90 Å². The number of imide groups is 1. The van der Waals surface area contributed by atoms with Crippen LogP contribution in [0.1, 0.15) is 13.8 Å². The lowest BCUT2D eigenvalue weighted by Crippen LogP contribution is -2.68. The average Bonchev–Trinajstić information content (AvgIpc) is 2.30. The van der Waals surface area contributed by atoms with Gasteiger partial charge in [-0.05, 0) is 13.8 Å². The van der Waals surface area contributed by atoms with Gasteiger partial charge in [-0.25, -0.2) is 9.59 Å². The maximum Gasteiger partial charge on any atom is 0.328 e. The van der Waals surface area contributed by atoms with E-state index >= 15 is 0 Å². The highest BCUT2D eigenvalue weighted by Gasteiger charge is 2.44. The number of hydrogen-bond acceptors (Lipinski definition) is 5. The smallest absolute Gasteiger partial charge is 0.328 e. The molecule has 1 rings (SSSR count). The van der Waals surface area contributed by atoms with Gasteiger partial charge in [-0.2, -0.15) is 0 Å². The fraction of sp³-hybridized carbons (Fsp3) is 0.600. The van der Waals surface area contributed by atoms with Gasteiger partial charge < -0.3 is 20.4 Å². The van der Waals surface area contributed by atoms with E-state index in [0.29, 0.717) is 0 Å². The van der Waals surface area contributed by atoms with Gasteiger partial charge in [-0.15, -0.1) is 0 Å². The van der Waals surface area contributed by atoms with Crippen molar-refractivity contribution in [3.63, 3.8) is 0 Å². The van der Waals surface area contributed by atoms with Crippen LogP contribution in [0, 0.1) is 0 Å². The molecule has 106 valence electrons. The molecule has 0 unspecified atom stereocenters. The standard InChI is InChI=1S/C10H15N3O6/c1-10(2)8(18)12-6(15)3-13(10)9(19)11-5(4-14)7(16)17/h5,14H,3-4H2,1-2H3,(H,11,19)(H,16,17)(H,12,15,18)/t5-/m0/s1. The van der Waals surface area contributed by atoms with E-state index in [1.54, 1.807) is 0 Å². The summed E-state index contributed by atoms with van der Waals surface area (Å²) in [6.07, 6.45) is 0. The maximum absolute atomic E-state index is 11.9. The van der Waals surface area contributed by atoms with Crippen LogP contribution in [0.5, 0.6) is 0 Å². The second kappa shape index (κ2) is 5.22. The molecule has 1 aliphatic heterocycles. The van der Waals surface area contributed by atoms with E-state index < -0.39 is 42.0 Å². The first-order valence-electron chi connectivity index (χ1n) is 5.46. The minimum absolute atomic E-state index is 0.373. The largest absolute Gasteiger partial charge is 0.480 e. The Labute approximate surface area is 108 Å². The van der Waals surface area contributed by atoms with Crippen molar-refractivity contribution in [2.45, 2.75) is 25.4 Å². The predicted octanol–water partition coefficient (Wildman–Crippen LogP) is -2.12. The third kappa shape index (κ3) is 2.99. The zero-order valence-electron chi connectivity index (χ0n) is 10.5. The van der Waals surface area contributed by atoms with Crippen LogP contribution in [0.4, 0.5) is 4.79 Å². The number of hydrogen-bond donors (Lipinski definition) is 4. The minimum atomic E-state index is -1.50. The first-order chi connectivity index (χ1) is 8.70. The van der Waals surface area contributed by atoms with Crippen LogP contribution in [0.2, 0.25) is 0 Å². The number of carbonyl (C=O) groups excluding carboxylic acids is 3. The number of aliphatic hydroxyl groups is 1. The number of carboxylic acids is 1. The Hall–Kier alpha value is -2.16. The maximum atomic E-state index is 11.9. The summed E-state index contributed by atoms with van der Waals surface area (Å²) in [6.45, 7) is 1.67. The van der Waals surface area contributed by atoms with Gasteiger partial charge in [0.25, 0.3) is 5.91 Å². The molecule has 1 fully saturated rings. The number of rotatable bonds is 3. The van der Waals surface area contributed by atoms with Crippen LogP contribution in [0.25, 0.3) is 0 Å². The minimum Gasteiger partial charge on any atom is -0.480 e. The normalized spacial score (nSPS) is 19.6. The molecule has 4 N–H and O–H groups in total. The van der Waals surface area contributed by atoms with Gasteiger partial charge >= 0.3 is 12.0 Å². The number of aliphatic hydroxyl groups excluding tert-OH is 1. The third-order valence-corrected chi connectivity index (χ3v) is 2.81. The molecule has 0 aromatic carbocycles. The van der Waals surface area contributed by atoms with Gasteiger partial charge in [0.1, 0.15) is 12.1 Å². The van der Waals surface area contributed by atoms with Crippen LogP contribution >= 0.6 is 0 Å². The van der Waals surface area contributed by atoms with Crippen molar-refractivity contribution < 1.29 is 29.4 Å². The zero-order valence-corrected chi connectivity index (χ0v) is 10.5. The highest BCUT2D eigenvalue weighted by Crippen LogP contribution is 2.18. The predicted molar refractivity (Wildman–Crippen MR) is 61.0 cm³/mol. The zero-order chi connectivity index (χ0) is 14.8. The first-order valence-corrected chi connectivity index (χ1v) is 5.46. The molecule has 1 atom stereocenters. The number of nitrogens with zero attached hydrogens (tertiary/aromatic N) is 1. The summed E-state index contributed by atoms with van der Waals surface area (Å²) in [6, 6.07) is -2.40. The molecule has 4 amide bonds. The molecule has 0 aliphatic carbocycles. The van der Waals surface area contributed by atoms with Crippen LogP contribution < -0.4 is 10.6 Å². The van der Waals surface area contributed by atoms with Gasteiger partial charge in [-0.1, -0.05) is 0 Å². The number of carboxylic acid groups (broad SMARTS) is 1. The van der Waals surface area contributed by atoms with Crippen molar-refractivity contribution >= 4 is 23.8 Å². The van der Waals surface area contributed by atoms with Gasteiger partial charge in [0.15, 0.2) is 6.04 Å². The molecule has 1 saturated heterocycles. The lowest BCUT2D eigenvalue weighted by Gasteiger charge is -2.40. The molecule has 9 nitrogen and oxygen atoms in total. The van der Waals surface area contributed by atoms with E-state index in [-0.39, 0.29) is 6.54 Å². The van der Waals surface area contributed by atoms with Crippen LogP contribution in [-0.2, 0) is 14.4 Å². The van der Waals surface area contributed by atoms with E-state index in [2.05, 4.69) is 5.32 Å². The average molecular weight is 273 g/mol. The molecule has 19 heavy (non-hydrogen) atoms. The highest BCUT2D eigenvalue weighted by atomic mass is 16.4. The molecule has 0 bridgehead atoms. The van der Waals surface area contributed by atoms with Gasteiger partial charge in [-0.3, -0.25) is 14.9 Å². The monoisotopic (exact) mass is 273 g/mol. The van der Waals surface area contributed by atoms with Crippen LogP contribution in [0.3, 0.4) is 0 Å². The first kappa shape index (κ1) is 14.9. The Balaban J connectivity index is 2.87. The fourth-order valence-corrected chi connectivity index (χ4v) is 1.52. The lowest BCUT2D eigenvalue weighted by atomic mass is 9.99. The van der Waals surface area contributed by atoms with Crippen LogP contribution in [0.15, 0.2) is 0 Å². The second-order valence-electron chi connectivity index (χ2n) is 4.55. The SMILES string of the molecule is CC1(C)C(=O)NC(=O)CN1C(=O)N[C@@H](CO)C(=O)O. The molecular formula is C10H15N3O6. The van der Waals surface area contributed by atoms with E-state index in [1.165, 1.54) is 13.8 Å². The van der Waals surface area contributed by atoms with E-state index in [4.69, 9.17) is 10.2 Å². The number of aliphatic carboxylic acids is 1. The molecule has 0 spiro atoms. The summed E-state index contributed by atoms with van der Waals surface area (Å²) < 4.78 is 0. The van der Waals surface area contributed by atoms with E-state index in [1.807, 2.05) is 5.32 Å². The number of urea groups is 1. The van der Waals surface area contributed by atoms with E-state index in [9.17, 15) is 19.2 Å². The second-order valence-corrected chi connectivity index (χ2v) is 4.55. The van der Waals surface area contributed by atoms with Crippen LogP contribution in [-0.4, -0.2) is 63.7 Å².